The van der Waals surface area contributed by atoms with Crippen molar-refractivity contribution in [3.8, 4) is 6.07 Å². The summed E-state index contributed by atoms with van der Waals surface area (Å²) in [6.45, 7) is 2.62. The highest BCUT2D eigenvalue weighted by Crippen LogP contribution is 2.16. The zero-order chi connectivity index (χ0) is 14.3. The van der Waals surface area contributed by atoms with Crippen molar-refractivity contribution in [1.29, 1.82) is 5.26 Å². The summed E-state index contributed by atoms with van der Waals surface area (Å²) in [5, 5.41) is 8.61. The van der Waals surface area contributed by atoms with Crippen molar-refractivity contribution in [1.82, 2.24) is 4.31 Å². The van der Waals surface area contributed by atoms with Crippen LogP contribution in [0.2, 0.25) is 0 Å². The summed E-state index contributed by atoms with van der Waals surface area (Å²) in [5.41, 5.74) is 0.999. The highest BCUT2D eigenvalue weighted by atomic mass is 32.2. The number of nitrogens with zero attached hydrogens (tertiary/aromatic N) is 2. The number of nitriles is 1. The first-order valence-corrected chi connectivity index (χ1v) is 7.39. The molecule has 0 amide bonds. The second-order valence-electron chi connectivity index (χ2n) is 4.12. The van der Waals surface area contributed by atoms with Crippen molar-refractivity contribution in [2.45, 2.75) is 18.2 Å². The van der Waals surface area contributed by atoms with Crippen molar-refractivity contribution in [3.05, 3.63) is 29.8 Å². The Balaban J connectivity index is 2.97. The van der Waals surface area contributed by atoms with Crippen LogP contribution in [-0.2, 0) is 14.8 Å². The molecule has 1 aromatic rings. The number of hydrogen-bond donors (Lipinski definition) is 0. The van der Waals surface area contributed by atoms with Crippen LogP contribution in [0.1, 0.15) is 12.0 Å². The third kappa shape index (κ3) is 4.31. The molecule has 0 aliphatic rings. The molecule has 0 saturated heterocycles. The van der Waals surface area contributed by atoms with Crippen LogP contribution in [0.3, 0.4) is 0 Å². The number of benzene rings is 1. The Morgan fingerprint density at radius 3 is 2.42 bits per heavy atom. The molecular formula is C13H18N2O3S. The van der Waals surface area contributed by atoms with Crippen LogP contribution >= 0.6 is 0 Å². The van der Waals surface area contributed by atoms with Gasteiger partial charge in [0, 0.05) is 26.6 Å². The second-order valence-corrected chi connectivity index (χ2v) is 6.06. The normalized spacial score (nSPS) is 11.5. The van der Waals surface area contributed by atoms with Crippen molar-refractivity contribution in [2.75, 3.05) is 26.8 Å². The molecular weight excluding hydrogens is 264 g/mol. The lowest BCUT2D eigenvalue weighted by Crippen LogP contribution is -2.34. The maximum Gasteiger partial charge on any atom is 0.243 e. The predicted octanol–water partition coefficient (Wildman–Crippen LogP) is 1.55. The lowest BCUT2D eigenvalue weighted by atomic mass is 10.2. The fourth-order valence-electron chi connectivity index (χ4n) is 1.58. The Labute approximate surface area is 114 Å². The van der Waals surface area contributed by atoms with E-state index < -0.39 is 10.0 Å². The van der Waals surface area contributed by atoms with Gasteiger partial charge in [-0.1, -0.05) is 17.7 Å². The van der Waals surface area contributed by atoms with Crippen LogP contribution in [0.5, 0.6) is 0 Å². The molecule has 0 aliphatic heterocycles. The van der Waals surface area contributed by atoms with E-state index in [1.807, 2.05) is 13.0 Å². The molecule has 0 fully saturated rings. The third-order valence-electron chi connectivity index (χ3n) is 2.68. The average molecular weight is 282 g/mol. The molecule has 104 valence electrons. The fraction of sp³-hybridized carbons (Fsp3) is 0.462. The van der Waals surface area contributed by atoms with Crippen LogP contribution in [0.25, 0.3) is 0 Å². The van der Waals surface area contributed by atoms with Crippen molar-refractivity contribution in [2.24, 2.45) is 0 Å². The number of aryl methyl sites for hydroxylation is 1. The van der Waals surface area contributed by atoms with E-state index in [4.69, 9.17) is 10.00 Å². The number of rotatable bonds is 7. The zero-order valence-electron chi connectivity index (χ0n) is 11.2. The van der Waals surface area contributed by atoms with Gasteiger partial charge in [0.25, 0.3) is 0 Å². The highest BCUT2D eigenvalue weighted by Gasteiger charge is 2.23. The summed E-state index contributed by atoms with van der Waals surface area (Å²) in [6, 6.07) is 8.63. The zero-order valence-corrected chi connectivity index (χ0v) is 12.0. The van der Waals surface area contributed by atoms with Crippen molar-refractivity contribution >= 4 is 10.0 Å². The van der Waals surface area contributed by atoms with Gasteiger partial charge in [0.15, 0.2) is 0 Å². The first kappa shape index (κ1) is 15.6. The molecule has 1 aromatic carbocycles. The van der Waals surface area contributed by atoms with E-state index in [9.17, 15) is 8.42 Å². The van der Waals surface area contributed by atoms with Gasteiger partial charge in [0.2, 0.25) is 10.0 Å². The summed E-state index contributed by atoms with van der Waals surface area (Å²) >= 11 is 0. The smallest absolute Gasteiger partial charge is 0.243 e. The molecule has 1 rings (SSSR count). The van der Waals surface area contributed by atoms with Gasteiger partial charge in [-0.3, -0.25) is 0 Å². The standard InChI is InChI=1S/C13H18N2O3S/c1-12-4-6-13(7-5-12)19(16,17)15(9-3-8-14)10-11-18-2/h4-7H,3,9-11H2,1-2H3. The molecule has 0 radical (unpaired) electrons. The van der Waals surface area contributed by atoms with Crippen LogP contribution in [-0.4, -0.2) is 39.5 Å². The topological polar surface area (TPSA) is 70.4 Å². The molecule has 19 heavy (non-hydrogen) atoms. The van der Waals surface area contributed by atoms with Crippen LogP contribution in [0, 0.1) is 18.3 Å². The first-order chi connectivity index (χ1) is 9.02. The van der Waals surface area contributed by atoms with Gasteiger partial charge in [0.05, 0.1) is 17.6 Å². The second kappa shape index (κ2) is 7.24. The minimum absolute atomic E-state index is 0.162. The van der Waals surface area contributed by atoms with E-state index in [-0.39, 0.29) is 24.4 Å². The van der Waals surface area contributed by atoms with Gasteiger partial charge in [-0.15, -0.1) is 0 Å². The molecule has 0 atom stereocenters. The molecule has 0 heterocycles. The SMILES string of the molecule is COCCN(CCC#N)S(=O)(=O)c1ccc(C)cc1. The Kier molecular flexibility index (Phi) is 5.96. The maximum atomic E-state index is 12.4. The molecule has 5 nitrogen and oxygen atoms in total. The quantitative estimate of drug-likeness (QED) is 0.760. The predicted molar refractivity (Wildman–Crippen MR) is 72.0 cm³/mol. The molecule has 0 saturated carbocycles. The van der Waals surface area contributed by atoms with E-state index in [2.05, 4.69) is 0 Å². The van der Waals surface area contributed by atoms with Gasteiger partial charge in [-0.2, -0.15) is 9.57 Å². The first-order valence-electron chi connectivity index (χ1n) is 5.95. The van der Waals surface area contributed by atoms with Gasteiger partial charge in [-0.05, 0) is 19.1 Å². The summed E-state index contributed by atoms with van der Waals surface area (Å²) in [5.74, 6) is 0. The number of sulfonamides is 1. The van der Waals surface area contributed by atoms with E-state index in [0.29, 0.717) is 6.61 Å². The average Bonchev–Trinajstić information content (AvgIpc) is 2.39. The van der Waals surface area contributed by atoms with E-state index in [1.54, 1.807) is 24.3 Å². The largest absolute Gasteiger partial charge is 0.383 e. The molecule has 0 bridgehead atoms. The minimum atomic E-state index is -3.56. The van der Waals surface area contributed by atoms with Gasteiger partial charge in [-0.25, -0.2) is 8.42 Å². The Morgan fingerprint density at radius 2 is 1.89 bits per heavy atom. The Bertz CT molecular complexity index is 532. The van der Waals surface area contributed by atoms with E-state index >= 15 is 0 Å². The van der Waals surface area contributed by atoms with Crippen molar-refractivity contribution < 1.29 is 13.2 Å². The van der Waals surface area contributed by atoms with Gasteiger partial charge in [0.1, 0.15) is 0 Å². The van der Waals surface area contributed by atoms with E-state index in [0.717, 1.165) is 5.56 Å². The fourth-order valence-corrected chi connectivity index (χ4v) is 3.00. The Hall–Kier alpha value is -1.42. The summed E-state index contributed by atoms with van der Waals surface area (Å²) in [4.78, 5) is 0.243. The van der Waals surface area contributed by atoms with Crippen LogP contribution < -0.4 is 0 Å². The molecule has 0 aromatic heterocycles. The van der Waals surface area contributed by atoms with Crippen molar-refractivity contribution in [3.63, 3.8) is 0 Å². The number of ether oxygens (including phenoxy) is 1. The molecule has 6 heteroatoms. The monoisotopic (exact) mass is 282 g/mol. The van der Waals surface area contributed by atoms with Gasteiger partial charge >= 0.3 is 0 Å². The number of methoxy groups -OCH3 is 1. The van der Waals surface area contributed by atoms with Crippen LogP contribution in [0.15, 0.2) is 29.2 Å². The molecule has 0 aliphatic carbocycles. The molecule has 0 unspecified atom stereocenters. The van der Waals surface area contributed by atoms with Crippen LogP contribution in [0.4, 0.5) is 0 Å². The van der Waals surface area contributed by atoms with Gasteiger partial charge < -0.3 is 4.74 Å². The lowest BCUT2D eigenvalue weighted by molar-refractivity contribution is 0.179. The molecule has 0 spiro atoms. The number of hydrogen-bond acceptors (Lipinski definition) is 4. The summed E-state index contributed by atoms with van der Waals surface area (Å²) in [7, 11) is -2.05. The highest BCUT2D eigenvalue weighted by molar-refractivity contribution is 7.89. The maximum absolute atomic E-state index is 12.4. The summed E-state index contributed by atoms with van der Waals surface area (Å²) < 4.78 is 31.0. The molecule has 0 N–H and O–H groups in total. The lowest BCUT2D eigenvalue weighted by Gasteiger charge is -2.20. The summed E-state index contributed by atoms with van der Waals surface area (Å²) in [6.07, 6.45) is 0.162. The van der Waals surface area contributed by atoms with E-state index in [1.165, 1.54) is 11.4 Å². The third-order valence-corrected chi connectivity index (χ3v) is 4.59. The Morgan fingerprint density at radius 1 is 1.26 bits per heavy atom. The minimum Gasteiger partial charge on any atom is -0.383 e.